The van der Waals surface area contributed by atoms with E-state index in [9.17, 15) is 8.42 Å². The molecule has 1 aliphatic carbocycles. The van der Waals surface area contributed by atoms with Gasteiger partial charge in [-0.1, -0.05) is 18.2 Å². The Morgan fingerprint density at radius 3 is 2.65 bits per heavy atom. The molecule has 1 unspecified atom stereocenters. The fraction of sp³-hybridized carbons (Fsp3) is 0.462. The van der Waals surface area contributed by atoms with Crippen LogP contribution in [0.1, 0.15) is 42.4 Å². The Hall–Kier alpha value is -1.76. The number of tetrazole rings is 1. The summed E-state index contributed by atoms with van der Waals surface area (Å²) in [5.74, 6) is 0.427. The number of hydrogen-bond acceptors (Lipinski definition) is 5. The minimum absolute atomic E-state index is 0.259. The topological polar surface area (TPSA) is 77.7 Å². The third-order valence-electron chi connectivity index (χ3n) is 3.64. The zero-order valence-corrected chi connectivity index (χ0v) is 12.2. The highest BCUT2D eigenvalue weighted by atomic mass is 32.2. The maximum absolute atomic E-state index is 12.7. The third kappa shape index (κ3) is 2.11. The zero-order valence-electron chi connectivity index (χ0n) is 11.4. The summed E-state index contributed by atoms with van der Waals surface area (Å²) < 4.78 is 27.1. The molecule has 6 nitrogen and oxygen atoms in total. The average Bonchev–Trinajstić information content (AvgIpc) is 3.16. The van der Waals surface area contributed by atoms with Crippen molar-refractivity contribution in [2.75, 3.05) is 0 Å². The van der Waals surface area contributed by atoms with Gasteiger partial charge >= 0.3 is 0 Å². The van der Waals surface area contributed by atoms with Gasteiger partial charge in [-0.25, -0.2) is 13.1 Å². The number of benzene rings is 1. The smallest absolute Gasteiger partial charge is 0.188 e. The molecule has 106 valence electrons. The quantitative estimate of drug-likeness (QED) is 0.859. The van der Waals surface area contributed by atoms with Crippen LogP contribution >= 0.6 is 0 Å². The van der Waals surface area contributed by atoms with Crippen LogP contribution in [0.3, 0.4) is 0 Å². The molecule has 1 heterocycles. The van der Waals surface area contributed by atoms with Gasteiger partial charge in [0.05, 0.1) is 10.9 Å². The van der Waals surface area contributed by atoms with Gasteiger partial charge in [0, 0.05) is 0 Å². The molecule has 0 amide bonds. The lowest BCUT2D eigenvalue weighted by Gasteiger charge is -2.14. The molecule has 7 heteroatoms. The Bertz CT molecular complexity index is 734. The minimum atomic E-state index is -3.48. The molecule has 1 fully saturated rings. The number of aromatic nitrogens is 4. The predicted octanol–water partition coefficient (Wildman–Crippen LogP) is 1.85. The molecule has 1 aromatic heterocycles. The molecule has 0 spiro atoms. The summed E-state index contributed by atoms with van der Waals surface area (Å²) in [6, 6.07) is 7.24. The number of sulfone groups is 1. The van der Waals surface area contributed by atoms with Gasteiger partial charge < -0.3 is 0 Å². The first kappa shape index (κ1) is 13.2. The lowest BCUT2D eigenvalue weighted by atomic mass is 10.2. The highest BCUT2D eigenvalue weighted by molar-refractivity contribution is 7.91. The van der Waals surface area contributed by atoms with Crippen LogP contribution in [0.25, 0.3) is 0 Å². The van der Waals surface area contributed by atoms with E-state index in [1.807, 2.05) is 6.07 Å². The molecular weight excluding hydrogens is 276 g/mol. The van der Waals surface area contributed by atoms with Crippen molar-refractivity contribution < 1.29 is 8.42 Å². The maximum atomic E-state index is 12.7. The molecule has 0 radical (unpaired) electrons. The van der Waals surface area contributed by atoms with Gasteiger partial charge in [0.2, 0.25) is 0 Å². The summed E-state index contributed by atoms with van der Waals surface area (Å²) in [4.78, 5) is 0.345. The van der Waals surface area contributed by atoms with Crippen molar-refractivity contribution in [2.24, 2.45) is 0 Å². The van der Waals surface area contributed by atoms with Crippen molar-refractivity contribution in [3.8, 4) is 0 Å². The summed E-state index contributed by atoms with van der Waals surface area (Å²) in [5.41, 5.74) is 0.741. The Kier molecular flexibility index (Phi) is 3.08. The second-order valence-electron chi connectivity index (χ2n) is 5.17. The van der Waals surface area contributed by atoms with Crippen molar-refractivity contribution in [1.82, 2.24) is 20.2 Å². The molecule has 2 aromatic rings. The van der Waals surface area contributed by atoms with Crippen LogP contribution in [0.4, 0.5) is 0 Å². The van der Waals surface area contributed by atoms with Crippen molar-refractivity contribution >= 4 is 9.84 Å². The Labute approximate surface area is 117 Å². The molecule has 20 heavy (non-hydrogen) atoms. The van der Waals surface area contributed by atoms with Gasteiger partial charge in [0.15, 0.2) is 15.7 Å². The van der Waals surface area contributed by atoms with E-state index in [-0.39, 0.29) is 6.04 Å². The fourth-order valence-electron chi connectivity index (χ4n) is 2.25. The highest BCUT2D eigenvalue weighted by Gasteiger charge is 2.35. The van der Waals surface area contributed by atoms with Crippen LogP contribution < -0.4 is 0 Å². The van der Waals surface area contributed by atoms with Gasteiger partial charge in [-0.2, -0.15) is 0 Å². The van der Waals surface area contributed by atoms with Crippen LogP contribution in [0.15, 0.2) is 29.2 Å². The lowest BCUT2D eigenvalue weighted by Crippen LogP contribution is -2.17. The van der Waals surface area contributed by atoms with E-state index < -0.39 is 15.1 Å². The van der Waals surface area contributed by atoms with Gasteiger partial charge in [-0.3, -0.25) is 0 Å². The van der Waals surface area contributed by atoms with E-state index in [0.29, 0.717) is 10.7 Å². The number of nitrogens with zero attached hydrogens (tertiary/aromatic N) is 4. The van der Waals surface area contributed by atoms with Gasteiger partial charge in [0.1, 0.15) is 5.25 Å². The normalized spacial score (nSPS) is 17.1. The largest absolute Gasteiger partial charge is 0.225 e. The number of hydrogen-bond donors (Lipinski definition) is 0. The predicted molar refractivity (Wildman–Crippen MR) is 72.9 cm³/mol. The van der Waals surface area contributed by atoms with E-state index in [1.54, 1.807) is 36.7 Å². The van der Waals surface area contributed by atoms with E-state index in [4.69, 9.17) is 0 Å². The van der Waals surface area contributed by atoms with Gasteiger partial charge in [-0.15, -0.1) is 5.10 Å². The van der Waals surface area contributed by atoms with Gasteiger partial charge in [0.25, 0.3) is 0 Å². The SMILES string of the molecule is Cc1ccccc1S(=O)(=O)C(C)c1nnnn1C1CC1. The Morgan fingerprint density at radius 1 is 1.30 bits per heavy atom. The standard InChI is InChI=1S/C13H16N4O2S/c1-9-5-3-4-6-12(9)20(18,19)10(2)13-14-15-16-17(13)11-7-8-11/h3-6,10-11H,7-8H2,1-2H3. The Morgan fingerprint density at radius 2 is 2.00 bits per heavy atom. The highest BCUT2D eigenvalue weighted by Crippen LogP contribution is 2.37. The average molecular weight is 292 g/mol. The summed E-state index contributed by atoms with van der Waals surface area (Å²) in [6.07, 6.45) is 2.02. The molecule has 3 rings (SSSR count). The molecule has 0 aliphatic heterocycles. The third-order valence-corrected chi connectivity index (χ3v) is 5.85. The van der Waals surface area contributed by atoms with E-state index in [0.717, 1.165) is 18.4 Å². The first-order chi connectivity index (χ1) is 9.51. The summed E-state index contributed by atoms with van der Waals surface area (Å²) in [6.45, 7) is 3.44. The molecule has 0 bridgehead atoms. The van der Waals surface area contributed by atoms with E-state index in [2.05, 4.69) is 15.5 Å². The zero-order chi connectivity index (χ0) is 14.3. The number of aryl methyl sites for hydroxylation is 1. The van der Waals surface area contributed by atoms with Gasteiger partial charge in [-0.05, 0) is 48.7 Å². The molecule has 1 aromatic carbocycles. The summed E-state index contributed by atoms with van der Waals surface area (Å²) >= 11 is 0. The van der Waals surface area contributed by atoms with Crippen LogP contribution in [0.5, 0.6) is 0 Å². The minimum Gasteiger partial charge on any atom is -0.225 e. The van der Waals surface area contributed by atoms with E-state index >= 15 is 0 Å². The van der Waals surface area contributed by atoms with E-state index in [1.165, 1.54) is 0 Å². The maximum Gasteiger partial charge on any atom is 0.188 e. The second kappa shape index (κ2) is 4.66. The van der Waals surface area contributed by atoms with Crippen LogP contribution in [-0.4, -0.2) is 28.6 Å². The fourth-order valence-corrected chi connectivity index (χ4v) is 3.85. The molecule has 1 saturated carbocycles. The van der Waals surface area contributed by atoms with Crippen molar-refractivity contribution in [3.05, 3.63) is 35.7 Å². The Balaban J connectivity index is 2.03. The molecule has 1 atom stereocenters. The molecular formula is C13H16N4O2S. The first-order valence-electron chi connectivity index (χ1n) is 6.59. The first-order valence-corrected chi connectivity index (χ1v) is 8.13. The number of rotatable bonds is 4. The van der Waals surface area contributed by atoms with Crippen molar-refractivity contribution in [3.63, 3.8) is 0 Å². The summed E-state index contributed by atoms with van der Waals surface area (Å²) in [5, 5.41) is 10.7. The van der Waals surface area contributed by atoms with Crippen molar-refractivity contribution in [1.29, 1.82) is 0 Å². The van der Waals surface area contributed by atoms with Crippen LogP contribution in [0.2, 0.25) is 0 Å². The van der Waals surface area contributed by atoms with Crippen LogP contribution in [0, 0.1) is 6.92 Å². The van der Waals surface area contributed by atoms with Crippen LogP contribution in [-0.2, 0) is 9.84 Å². The molecule has 0 N–H and O–H groups in total. The molecule has 0 saturated heterocycles. The van der Waals surface area contributed by atoms with Crippen molar-refractivity contribution in [2.45, 2.75) is 42.9 Å². The lowest BCUT2D eigenvalue weighted by molar-refractivity contribution is 0.556. The summed E-state index contributed by atoms with van der Waals surface area (Å²) in [7, 11) is -3.48. The molecule has 1 aliphatic rings. The second-order valence-corrected chi connectivity index (χ2v) is 7.40. The monoisotopic (exact) mass is 292 g/mol.